The summed E-state index contributed by atoms with van der Waals surface area (Å²) in [5, 5.41) is 0. The Morgan fingerprint density at radius 1 is 0.200 bits per heavy atom. The van der Waals surface area contributed by atoms with Crippen molar-refractivity contribution in [1.29, 1.82) is 0 Å². The van der Waals surface area contributed by atoms with Gasteiger partial charge in [-0.15, -0.1) is 0 Å². The van der Waals surface area contributed by atoms with E-state index in [1.807, 2.05) is 146 Å². The van der Waals surface area contributed by atoms with Gasteiger partial charge in [0.15, 0.2) is 34.9 Å². The first kappa shape index (κ1) is 36.1. The number of aromatic nitrogens is 7. The molecule has 0 aliphatic carbocycles. The Morgan fingerprint density at radius 3 is 0.833 bits per heavy atom. The van der Waals surface area contributed by atoms with Crippen molar-refractivity contribution in [3.05, 3.63) is 213 Å². The van der Waals surface area contributed by atoms with Crippen molar-refractivity contribution in [2.75, 3.05) is 0 Å². The Morgan fingerprint density at radius 2 is 0.483 bits per heavy atom. The van der Waals surface area contributed by atoms with E-state index < -0.39 is 0 Å². The van der Waals surface area contributed by atoms with Gasteiger partial charge in [-0.25, -0.2) is 29.9 Å². The minimum atomic E-state index is 0.580. The molecule has 0 unspecified atom stereocenters. The molecule has 0 bridgehead atoms. The second-order valence-corrected chi connectivity index (χ2v) is 14.1. The number of hydrogen-bond donors (Lipinski definition) is 0. The monoisotopic (exact) mass is 769 g/mol. The maximum atomic E-state index is 5.13. The van der Waals surface area contributed by atoms with Crippen LogP contribution in [0.2, 0.25) is 0 Å². The fourth-order valence-electron chi connectivity index (χ4n) is 7.51. The lowest BCUT2D eigenvalue weighted by molar-refractivity contribution is 1.07. The molecule has 60 heavy (non-hydrogen) atoms. The molecule has 0 N–H and O–H groups in total. The smallest absolute Gasteiger partial charge is 0.164 e. The third kappa shape index (κ3) is 7.23. The highest BCUT2D eigenvalue weighted by Gasteiger charge is 2.22. The molecule has 0 saturated carbocycles. The van der Waals surface area contributed by atoms with Crippen LogP contribution in [0.25, 0.3) is 102 Å². The van der Waals surface area contributed by atoms with E-state index in [1.165, 1.54) is 0 Å². The molecular formula is C53H35N7. The Kier molecular flexibility index (Phi) is 9.79. The summed E-state index contributed by atoms with van der Waals surface area (Å²) in [7, 11) is 0. The zero-order valence-electron chi connectivity index (χ0n) is 32.3. The van der Waals surface area contributed by atoms with Crippen molar-refractivity contribution in [1.82, 2.24) is 34.9 Å². The zero-order valence-corrected chi connectivity index (χ0v) is 32.3. The largest absolute Gasteiger partial charge is 0.265 e. The molecule has 0 saturated heterocycles. The van der Waals surface area contributed by atoms with Crippen molar-refractivity contribution >= 4 is 0 Å². The molecule has 7 aromatic carbocycles. The third-order valence-corrected chi connectivity index (χ3v) is 10.3. The molecule has 0 fully saturated rings. The van der Waals surface area contributed by atoms with Crippen molar-refractivity contribution in [3.63, 3.8) is 0 Å². The summed E-state index contributed by atoms with van der Waals surface area (Å²) in [6.45, 7) is 0. The molecule has 10 rings (SSSR count). The average molecular weight is 770 g/mol. The molecule has 3 aromatic heterocycles. The van der Waals surface area contributed by atoms with Gasteiger partial charge in [-0.3, -0.25) is 4.98 Å². The van der Waals surface area contributed by atoms with Crippen LogP contribution in [-0.4, -0.2) is 34.9 Å². The highest BCUT2D eigenvalue weighted by molar-refractivity contribution is 6.00. The van der Waals surface area contributed by atoms with Gasteiger partial charge in [0, 0.05) is 45.8 Å². The summed E-state index contributed by atoms with van der Waals surface area (Å²) in [6.07, 6.45) is 3.67. The first-order valence-corrected chi connectivity index (χ1v) is 19.7. The highest BCUT2D eigenvalue weighted by Crippen LogP contribution is 2.45. The number of hydrogen-bond acceptors (Lipinski definition) is 7. The molecular weight excluding hydrogens is 735 g/mol. The summed E-state index contributed by atoms with van der Waals surface area (Å²) in [4.78, 5) is 34.9. The van der Waals surface area contributed by atoms with Crippen molar-refractivity contribution in [3.8, 4) is 102 Å². The molecule has 7 nitrogen and oxygen atoms in total. The van der Waals surface area contributed by atoms with E-state index in [2.05, 4.69) is 71.7 Å². The number of pyridine rings is 1. The quantitative estimate of drug-likeness (QED) is 0.144. The van der Waals surface area contributed by atoms with Gasteiger partial charge in [-0.05, 0) is 45.5 Å². The molecule has 10 aromatic rings. The molecule has 7 heteroatoms. The van der Waals surface area contributed by atoms with Crippen LogP contribution in [0.15, 0.2) is 213 Å². The minimum Gasteiger partial charge on any atom is -0.265 e. The van der Waals surface area contributed by atoms with Crippen LogP contribution >= 0.6 is 0 Å². The normalized spacial score (nSPS) is 11.0. The van der Waals surface area contributed by atoms with Crippen LogP contribution in [-0.2, 0) is 0 Å². The van der Waals surface area contributed by atoms with E-state index in [-0.39, 0.29) is 0 Å². The predicted molar refractivity (Wildman–Crippen MR) is 240 cm³/mol. The maximum absolute atomic E-state index is 5.13. The van der Waals surface area contributed by atoms with Gasteiger partial charge >= 0.3 is 0 Å². The number of benzene rings is 7. The summed E-state index contributed by atoms with van der Waals surface area (Å²) < 4.78 is 0. The highest BCUT2D eigenvalue weighted by atomic mass is 15.0. The molecule has 0 amide bonds. The third-order valence-electron chi connectivity index (χ3n) is 10.3. The summed E-state index contributed by atoms with van der Waals surface area (Å²) in [6, 6.07) is 67.4. The molecule has 3 heterocycles. The Bertz CT molecular complexity index is 2770. The van der Waals surface area contributed by atoms with Crippen LogP contribution in [0.5, 0.6) is 0 Å². The van der Waals surface area contributed by atoms with Gasteiger partial charge in [0.05, 0.1) is 0 Å². The summed E-state index contributed by atoms with van der Waals surface area (Å²) in [5.41, 5.74) is 11.4. The first-order chi connectivity index (χ1) is 29.8. The van der Waals surface area contributed by atoms with E-state index in [9.17, 15) is 0 Å². The van der Waals surface area contributed by atoms with E-state index in [0.717, 1.165) is 66.8 Å². The maximum Gasteiger partial charge on any atom is 0.164 e. The topological polar surface area (TPSA) is 90.2 Å². The van der Waals surface area contributed by atoms with Gasteiger partial charge < -0.3 is 0 Å². The molecule has 0 aliphatic heterocycles. The molecule has 0 aliphatic rings. The summed E-state index contributed by atoms with van der Waals surface area (Å²) >= 11 is 0. The van der Waals surface area contributed by atoms with Gasteiger partial charge in [-0.1, -0.05) is 188 Å². The van der Waals surface area contributed by atoms with Crippen molar-refractivity contribution in [2.45, 2.75) is 0 Å². The van der Waals surface area contributed by atoms with E-state index in [0.29, 0.717) is 34.9 Å². The van der Waals surface area contributed by atoms with E-state index in [4.69, 9.17) is 29.9 Å². The van der Waals surface area contributed by atoms with Crippen LogP contribution in [0.3, 0.4) is 0 Å². The molecule has 282 valence electrons. The van der Waals surface area contributed by atoms with E-state index in [1.54, 1.807) is 0 Å². The average Bonchev–Trinajstić information content (AvgIpc) is 3.35. The second-order valence-electron chi connectivity index (χ2n) is 14.1. The fourth-order valence-corrected chi connectivity index (χ4v) is 7.51. The first-order valence-electron chi connectivity index (χ1n) is 19.7. The van der Waals surface area contributed by atoms with Gasteiger partial charge in [-0.2, -0.15) is 0 Å². The second kappa shape index (κ2) is 16.3. The lowest BCUT2D eigenvalue weighted by Gasteiger charge is -2.20. The SMILES string of the molecule is c1ccc(-c2nc(-c3ccccc3)nc(-c3ccccc3-c3cccc(-c4ccccc4-c4nc(-c5ccccc5)nc(-c5ccccc5)n4)c3-c3ccncc3)n2)cc1. The minimum absolute atomic E-state index is 0.580. The Labute approximate surface area is 347 Å². The van der Waals surface area contributed by atoms with Gasteiger partial charge in [0.2, 0.25) is 0 Å². The summed E-state index contributed by atoms with van der Waals surface area (Å²) in [5.74, 6) is 3.58. The molecule has 0 spiro atoms. The number of rotatable bonds is 9. The standard InChI is InChI=1S/C53H35N7/c1-5-18-37(19-6-1)48-55-49(38-20-7-2-8-21-38)58-52(57-48)45-28-15-13-26-41(45)43-30-17-31-44(47(43)36-32-34-54-35-33-36)42-27-14-16-29-46(42)53-59-50(39-22-9-3-10-23-39)56-51(60-53)40-24-11-4-12-25-40/h1-35H. The Hall–Kier alpha value is -8.29. The van der Waals surface area contributed by atoms with Crippen molar-refractivity contribution in [2.24, 2.45) is 0 Å². The van der Waals surface area contributed by atoms with Gasteiger partial charge in [0.25, 0.3) is 0 Å². The fraction of sp³-hybridized carbons (Fsp3) is 0. The Balaban J connectivity index is 1.19. The lowest BCUT2D eigenvalue weighted by atomic mass is 9.85. The lowest BCUT2D eigenvalue weighted by Crippen LogP contribution is -2.02. The zero-order chi connectivity index (χ0) is 40.1. The van der Waals surface area contributed by atoms with Gasteiger partial charge in [0.1, 0.15) is 0 Å². The van der Waals surface area contributed by atoms with Crippen LogP contribution in [0, 0.1) is 0 Å². The van der Waals surface area contributed by atoms with Crippen LogP contribution in [0.1, 0.15) is 0 Å². The molecule has 0 radical (unpaired) electrons. The van der Waals surface area contributed by atoms with E-state index >= 15 is 0 Å². The molecule has 0 atom stereocenters. The predicted octanol–water partition coefficient (Wildman–Crippen LogP) is 12.5. The van der Waals surface area contributed by atoms with Crippen molar-refractivity contribution < 1.29 is 0 Å². The van der Waals surface area contributed by atoms with Crippen LogP contribution < -0.4 is 0 Å². The number of nitrogens with zero attached hydrogens (tertiary/aromatic N) is 7. The van der Waals surface area contributed by atoms with Crippen LogP contribution in [0.4, 0.5) is 0 Å².